The summed E-state index contributed by atoms with van der Waals surface area (Å²) in [5, 5.41) is 0. The number of aromatic nitrogens is 1. The molecule has 1 aliphatic carbocycles. The summed E-state index contributed by atoms with van der Waals surface area (Å²) in [4.78, 5) is 15.8. The van der Waals surface area contributed by atoms with Crippen molar-refractivity contribution in [2.75, 3.05) is 0 Å². The molecule has 0 spiro atoms. The molecule has 1 heterocycles. The maximum atomic E-state index is 11.6. The topological polar surface area (TPSA) is 30.0 Å². The normalized spacial score (nSPS) is 22.4. The molecule has 74 valence electrons. The minimum atomic E-state index is 0.101. The molecule has 1 fully saturated rings. The third kappa shape index (κ3) is 2.03. The molecule has 2 nitrogen and oxygen atoms in total. The Morgan fingerprint density at radius 1 is 1.36 bits per heavy atom. The molecule has 1 aromatic rings. The zero-order chi connectivity index (χ0) is 9.97. The van der Waals surface area contributed by atoms with Crippen LogP contribution in [-0.2, 0) is 4.79 Å². The van der Waals surface area contributed by atoms with Crippen molar-refractivity contribution >= 4 is 21.7 Å². The molecule has 1 unspecified atom stereocenters. The van der Waals surface area contributed by atoms with Crippen molar-refractivity contribution in [2.45, 2.75) is 31.6 Å². The van der Waals surface area contributed by atoms with Crippen LogP contribution in [0.2, 0.25) is 0 Å². The number of hydrogen-bond donors (Lipinski definition) is 0. The van der Waals surface area contributed by atoms with Crippen LogP contribution in [0.25, 0.3) is 0 Å². The van der Waals surface area contributed by atoms with Gasteiger partial charge in [0.15, 0.2) is 0 Å². The highest BCUT2D eigenvalue weighted by Crippen LogP contribution is 2.29. The largest absolute Gasteiger partial charge is 0.299 e. The monoisotopic (exact) mass is 253 g/mol. The van der Waals surface area contributed by atoms with Gasteiger partial charge in [-0.05, 0) is 40.4 Å². The first-order valence-corrected chi connectivity index (χ1v) is 5.71. The molecule has 0 bridgehead atoms. The second-order valence-electron chi connectivity index (χ2n) is 3.68. The van der Waals surface area contributed by atoms with Gasteiger partial charge in [-0.15, -0.1) is 0 Å². The third-order valence-electron chi connectivity index (χ3n) is 2.71. The number of carbonyl (C=O) groups excluding carboxylic acids is 1. The summed E-state index contributed by atoms with van der Waals surface area (Å²) in [5.74, 6) is 0.477. The first-order valence-electron chi connectivity index (χ1n) is 4.91. The number of carbonyl (C=O) groups is 1. The van der Waals surface area contributed by atoms with Gasteiger partial charge in [0.05, 0.1) is 0 Å². The van der Waals surface area contributed by atoms with E-state index in [1.807, 2.05) is 12.1 Å². The van der Waals surface area contributed by atoms with Crippen molar-refractivity contribution in [3.05, 3.63) is 28.5 Å². The Morgan fingerprint density at radius 2 is 2.21 bits per heavy atom. The van der Waals surface area contributed by atoms with E-state index in [0.29, 0.717) is 5.78 Å². The van der Waals surface area contributed by atoms with Crippen LogP contribution >= 0.6 is 15.9 Å². The highest BCUT2D eigenvalue weighted by atomic mass is 79.9. The fourth-order valence-electron chi connectivity index (χ4n) is 1.93. The molecule has 1 aliphatic rings. The van der Waals surface area contributed by atoms with Gasteiger partial charge in [0.1, 0.15) is 10.4 Å². The third-order valence-corrected chi connectivity index (χ3v) is 3.18. The Bertz CT molecular complexity index is 334. The first kappa shape index (κ1) is 9.84. The van der Waals surface area contributed by atoms with E-state index in [2.05, 4.69) is 20.9 Å². The van der Waals surface area contributed by atoms with Crippen LogP contribution in [0.15, 0.2) is 22.9 Å². The smallest absolute Gasteiger partial charge is 0.140 e. The highest BCUT2D eigenvalue weighted by molar-refractivity contribution is 9.10. The molecule has 0 amide bonds. The number of ketones is 1. The van der Waals surface area contributed by atoms with Gasteiger partial charge in [0, 0.05) is 18.5 Å². The molecule has 0 saturated heterocycles. The SMILES string of the molecule is O=C1CCCCC1c1ccc(Br)nc1. The Morgan fingerprint density at radius 3 is 2.86 bits per heavy atom. The lowest BCUT2D eigenvalue weighted by Crippen LogP contribution is -2.17. The zero-order valence-electron chi connectivity index (χ0n) is 7.87. The fourth-order valence-corrected chi connectivity index (χ4v) is 2.16. The quantitative estimate of drug-likeness (QED) is 0.721. The fraction of sp³-hybridized carbons (Fsp3) is 0.455. The average molecular weight is 254 g/mol. The number of pyridine rings is 1. The van der Waals surface area contributed by atoms with E-state index in [0.717, 1.165) is 35.8 Å². The first-order chi connectivity index (χ1) is 6.77. The van der Waals surface area contributed by atoms with Crippen LogP contribution in [0.4, 0.5) is 0 Å². The molecular formula is C11H12BrNO. The Kier molecular flexibility index (Phi) is 2.96. The molecule has 0 radical (unpaired) electrons. The number of halogens is 1. The van der Waals surface area contributed by atoms with Crippen molar-refractivity contribution in [1.29, 1.82) is 0 Å². The van der Waals surface area contributed by atoms with E-state index < -0.39 is 0 Å². The van der Waals surface area contributed by atoms with Gasteiger partial charge in [0.2, 0.25) is 0 Å². The van der Waals surface area contributed by atoms with Crippen LogP contribution in [0.3, 0.4) is 0 Å². The second kappa shape index (κ2) is 4.22. The molecule has 3 heteroatoms. The molecule has 2 rings (SSSR count). The average Bonchev–Trinajstić information content (AvgIpc) is 2.20. The summed E-state index contributed by atoms with van der Waals surface area (Å²) in [6.07, 6.45) is 5.74. The van der Waals surface area contributed by atoms with Gasteiger partial charge in [-0.25, -0.2) is 4.98 Å². The number of Topliss-reactive ketones (excluding diaryl/α,β-unsaturated/α-hetero) is 1. The van der Waals surface area contributed by atoms with E-state index in [4.69, 9.17) is 0 Å². The van der Waals surface area contributed by atoms with E-state index in [1.54, 1.807) is 6.20 Å². The predicted molar refractivity (Wildman–Crippen MR) is 58.2 cm³/mol. The van der Waals surface area contributed by atoms with E-state index >= 15 is 0 Å². The van der Waals surface area contributed by atoms with Gasteiger partial charge >= 0.3 is 0 Å². The molecule has 14 heavy (non-hydrogen) atoms. The lowest BCUT2D eigenvalue weighted by atomic mass is 9.84. The van der Waals surface area contributed by atoms with E-state index in [9.17, 15) is 4.79 Å². The minimum absolute atomic E-state index is 0.101. The minimum Gasteiger partial charge on any atom is -0.299 e. The van der Waals surface area contributed by atoms with Gasteiger partial charge in [0.25, 0.3) is 0 Å². The molecule has 0 aromatic carbocycles. The van der Waals surface area contributed by atoms with Crippen molar-refractivity contribution in [3.63, 3.8) is 0 Å². The Hall–Kier alpha value is -0.700. The van der Waals surface area contributed by atoms with Crippen LogP contribution in [0.5, 0.6) is 0 Å². The molecule has 0 aliphatic heterocycles. The Balaban J connectivity index is 2.20. The van der Waals surface area contributed by atoms with Crippen LogP contribution < -0.4 is 0 Å². The lowest BCUT2D eigenvalue weighted by Gasteiger charge is -2.20. The maximum Gasteiger partial charge on any atom is 0.140 e. The maximum absolute atomic E-state index is 11.6. The number of rotatable bonds is 1. The van der Waals surface area contributed by atoms with Crippen molar-refractivity contribution < 1.29 is 4.79 Å². The lowest BCUT2D eigenvalue weighted by molar-refractivity contribution is -0.121. The number of hydrogen-bond acceptors (Lipinski definition) is 2. The molecule has 1 saturated carbocycles. The molecule has 1 atom stereocenters. The summed E-state index contributed by atoms with van der Waals surface area (Å²) in [6, 6.07) is 3.89. The van der Waals surface area contributed by atoms with Crippen molar-refractivity contribution in [1.82, 2.24) is 4.98 Å². The Labute approximate surface area is 91.9 Å². The van der Waals surface area contributed by atoms with Crippen molar-refractivity contribution in [3.8, 4) is 0 Å². The van der Waals surface area contributed by atoms with E-state index in [1.165, 1.54) is 0 Å². The zero-order valence-corrected chi connectivity index (χ0v) is 9.46. The molecule has 0 N–H and O–H groups in total. The summed E-state index contributed by atoms with van der Waals surface area (Å²) in [5.41, 5.74) is 1.07. The summed E-state index contributed by atoms with van der Waals surface area (Å²) in [6.45, 7) is 0. The van der Waals surface area contributed by atoms with Gasteiger partial charge in [-0.2, -0.15) is 0 Å². The summed E-state index contributed by atoms with van der Waals surface area (Å²) >= 11 is 3.29. The van der Waals surface area contributed by atoms with Crippen LogP contribution in [-0.4, -0.2) is 10.8 Å². The van der Waals surface area contributed by atoms with E-state index in [-0.39, 0.29) is 5.92 Å². The number of nitrogens with zero attached hydrogens (tertiary/aromatic N) is 1. The van der Waals surface area contributed by atoms with Gasteiger partial charge in [-0.1, -0.05) is 12.5 Å². The van der Waals surface area contributed by atoms with Gasteiger partial charge in [-0.3, -0.25) is 4.79 Å². The standard InChI is InChI=1S/C11H12BrNO/c12-11-6-5-8(7-13-11)9-3-1-2-4-10(9)14/h5-7,9H,1-4H2. The predicted octanol–water partition coefficient (Wildman–Crippen LogP) is 3.07. The molecular weight excluding hydrogens is 242 g/mol. The van der Waals surface area contributed by atoms with Crippen LogP contribution in [0.1, 0.15) is 37.2 Å². The summed E-state index contributed by atoms with van der Waals surface area (Å²) in [7, 11) is 0. The molecule has 1 aromatic heterocycles. The van der Waals surface area contributed by atoms with Gasteiger partial charge < -0.3 is 0 Å². The van der Waals surface area contributed by atoms with Crippen LogP contribution in [0, 0.1) is 0 Å². The highest BCUT2D eigenvalue weighted by Gasteiger charge is 2.23. The summed E-state index contributed by atoms with van der Waals surface area (Å²) < 4.78 is 0.824. The second-order valence-corrected chi connectivity index (χ2v) is 4.49. The van der Waals surface area contributed by atoms with Crippen molar-refractivity contribution in [2.24, 2.45) is 0 Å².